The second-order valence-electron chi connectivity index (χ2n) is 7.86. The van der Waals surface area contributed by atoms with E-state index in [1.165, 1.54) is 6.33 Å². The van der Waals surface area contributed by atoms with E-state index in [9.17, 15) is 9.59 Å². The number of benzene rings is 1. The van der Waals surface area contributed by atoms with Crippen molar-refractivity contribution in [2.75, 3.05) is 29.5 Å². The number of hydrogen-bond acceptors (Lipinski definition) is 7. The van der Waals surface area contributed by atoms with Crippen LogP contribution >= 0.6 is 0 Å². The zero-order chi connectivity index (χ0) is 21.0. The van der Waals surface area contributed by atoms with E-state index in [2.05, 4.69) is 20.6 Å². The molecule has 1 saturated heterocycles. The molecule has 1 aliphatic rings. The number of nitrogen functional groups attached to an aromatic ring is 1. The molecular formula is C20H26N6O3. The van der Waals surface area contributed by atoms with Crippen LogP contribution in [0.3, 0.4) is 0 Å². The Kier molecular flexibility index (Phi) is 5.86. The number of para-hydroxylation sites is 1. The monoisotopic (exact) mass is 398 g/mol. The van der Waals surface area contributed by atoms with Crippen molar-refractivity contribution in [1.29, 1.82) is 0 Å². The number of likely N-dealkylation sites (tertiary alicyclic amines) is 1. The number of rotatable bonds is 4. The predicted molar refractivity (Wildman–Crippen MR) is 111 cm³/mol. The van der Waals surface area contributed by atoms with Crippen molar-refractivity contribution in [3.63, 3.8) is 0 Å². The van der Waals surface area contributed by atoms with Crippen LogP contribution in [0.15, 0.2) is 36.7 Å². The minimum Gasteiger partial charge on any atom is -0.444 e. The van der Waals surface area contributed by atoms with Crippen molar-refractivity contribution in [2.24, 2.45) is 0 Å². The fraction of sp³-hybridized carbons (Fsp3) is 0.400. The Morgan fingerprint density at radius 2 is 1.93 bits per heavy atom. The molecule has 2 heterocycles. The Balaban J connectivity index is 1.70. The normalized spacial score (nSPS) is 16.4. The van der Waals surface area contributed by atoms with Gasteiger partial charge in [0, 0.05) is 24.8 Å². The van der Waals surface area contributed by atoms with Crippen LogP contribution in [0.2, 0.25) is 0 Å². The third-order valence-corrected chi connectivity index (χ3v) is 4.32. The largest absolute Gasteiger partial charge is 0.444 e. The van der Waals surface area contributed by atoms with Gasteiger partial charge >= 0.3 is 6.09 Å². The Labute approximate surface area is 169 Å². The lowest BCUT2D eigenvalue weighted by Crippen LogP contribution is -2.36. The van der Waals surface area contributed by atoms with Crippen LogP contribution in [-0.4, -0.2) is 51.6 Å². The van der Waals surface area contributed by atoms with E-state index in [1.54, 1.807) is 17.0 Å². The highest BCUT2D eigenvalue weighted by atomic mass is 16.6. The molecule has 1 aliphatic heterocycles. The SMILES string of the molecule is CC(C)(C)OC(=O)N1CC[C@@H](Nc2ncnc(N)c2C(=O)Nc2ccccc2)C1. The molecule has 1 atom stereocenters. The van der Waals surface area contributed by atoms with Crippen molar-refractivity contribution < 1.29 is 14.3 Å². The highest BCUT2D eigenvalue weighted by Crippen LogP contribution is 2.23. The fourth-order valence-electron chi connectivity index (χ4n) is 3.01. The molecule has 1 aromatic heterocycles. The van der Waals surface area contributed by atoms with Gasteiger partial charge in [0.1, 0.15) is 29.1 Å². The minimum atomic E-state index is -0.549. The van der Waals surface area contributed by atoms with Crippen molar-refractivity contribution in [1.82, 2.24) is 14.9 Å². The minimum absolute atomic E-state index is 0.0814. The Morgan fingerprint density at radius 3 is 2.62 bits per heavy atom. The quantitative estimate of drug-likeness (QED) is 0.724. The van der Waals surface area contributed by atoms with E-state index in [1.807, 2.05) is 39.0 Å². The van der Waals surface area contributed by atoms with Crippen molar-refractivity contribution in [3.8, 4) is 0 Å². The molecule has 1 aromatic carbocycles. The van der Waals surface area contributed by atoms with Crippen molar-refractivity contribution in [2.45, 2.75) is 38.8 Å². The van der Waals surface area contributed by atoms with Crippen LogP contribution < -0.4 is 16.4 Å². The van der Waals surface area contributed by atoms with Gasteiger partial charge in [-0.2, -0.15) is 0 Å². The standard InChI is InChI=1S/C20H26N6O3/c1-20(2,3)29-19(28)26-10-9-14(11-26)24-17-15(16(21)22-12-23-17)18(27)25-13-7-5-4-6-8-13/h4-8,12,14H,9-11H2,1-3H3,(H,25,27)(H3,21,22,23,24)/t14-/m1/s1. The molecule has 29 heavy (non-hydrogen) atoms. The summed E-state index contributed by atoms with van der Waals surface area (Å²) in [4.78, 5) is 34.8. The molecular weight excluding hydrogens is 372 g/mol. The lowest BCUT2D eigenvalue weighted by atomic mass is 10.2. The molecule has 0 radical (unpaired) electrons. The van der Waals surface area contributed by atoms with E-state index < -0.39 is 11.5 Å². The van der Waals surface area contributed by atoms with Crippen LogP contribution in [0.4, 0.5) is 22.1 Å². The summed E-state index contributed by atoms with van der Waals surface area (Å²) < 4.78 is 5.42. The van der Waals surface area contributed by atoms with Crippen LogP contribution in [-0.2, 0) is 4.74 Å². The molecule has 9 nitrogen and oxygen atoms in total. The molecule has 3 rings (SSSR count). The molecule has 0 bridgehead atoms. The molecule has 0 aliphatic carbocycles. The van der Waals surface area contributed by atoms with Gasteiger partial charge in [-0.1, -0.05) is 18.2 Å². The Morgan fingerprint density at radius 1 is 1.21 bits per heavy atom. The van der Waals surface area contributed by atoms with Gasteiger partial charge in [0.2, 0.25) is 0 Å². The lowest BCUT2D eigenvalue weighted by molar-refractivity contribution is 0.0293. The molecule has 0 saturated carbocycles. The molecule has 1 fully saturated rings. The van der Waals surface area contributed by atoms with Gasteiger partial charge in [0.05, 0.1) is 0 Å². The molecule has 9 heteroatoms. The Bertz CT molecular complexity index is 882. The predicted octanol–water partition coefficient (Wildman–Crippen LogP) is 2.73. The third kappa shape index (κ3) is 5.34. The smallest absolute Gasteiger partial charge is 0.410 e. The molecule has 0 unspecified atom stereocenters. The van der Waals surface area contributed by atoms with Crippen LogP contribution in [0.5, 0.6) is 0 Å². The second kappa shape index (κ2) is 8.34. The number of nitrogens with one attached hydrogen (secondary N) is 2. The van der Waals surface area contributed by atoms with Gasteiger partial charge in [-0.15, -0.1) is 0 Å². The summed E-state index contributed by atoms with van der Waals surface area (Å²) >= 11 is 0. The lowest BCUT2D eigenvalue weighted by Gasteiger charge is -2.24. The number of hydrogen-bond donors (Lipinski definition) is 3. The van der Waals surface area contributed by atoms with Crippen LogP contribution in [0.1, 0.15) is 37.6 Å². The average molecular weight is 398 g/mol. The summed E-state index contributed by atoms with van der Waals surface area (Å²) in [5.41, 5.74) is 6.22. The summed E-state index contributed by atoms with van der Waals surface area (Å²) in [6, 6.07) is 8.98. The highest BCUT2D eigenvalue weighted by molar-refractivity contribution is 6.10. The number of nitrogens with two attached hydrogens (primary N) is 1. The number of carbonyl (C=O) groups is 2. The Hall–Kier alpha value is -3.36. The topological polar surface area (TPSA) is 122 Å². The van der Waals surface area contributed by atoms with E-state index in [-0.39, 0.29) is 23.5 Å². The van der Waals surface area contributed by atoms with E-state index in [0.717, 1.165) is 0 Å². The van der Waals surface area contributed by atoms with Gasteiger partial charge in [0.25, 0.3) is 5.91 Å². The van der Waals surface area contributed by atoms with E-state index in [0.29, 0.717) is 31.0 Å². The molecule has 4 N–H and O–H groups in total. The first-order valence-electron chi connectivity index (χ1n) is 9.44. The first-order chi connectivity index (χ1) is 13.7. The second-order valence-corrected chi connectivity index (χ2v) is 7.86. The third-order valence-electron chi connectivity index (χ3n) is 4.32. The maximum Gasteiger partial charge on any atom is 0.410 e. The number of amides is 2. The summed E-state index contributed by atoms with van der Waals surface area (Å²) in [6.07, 6.45) is 1.64. The van der Waals surface area contributed by atoms with E-state index >= 15 is 0 Å². The van der Waals surface area contributed by atoms with Gasteiger partial charge < -0.3 is 26.0 Å². The van der Waals surface area contributed by atoms with E-state index in [4.69, 9.17) is 10.5 Å². The number of anilines is 3. The van der Waals surface area contributed by atoms with Gasteiger partial charge in [0.15, 0.2) is 0 Å². The summed E-state index contributed by atoms with van der Waals surface area (Å²) in [7, 11) is 0. The maximum atomic E-state index is 12.8. The molecule has 154 valence electrons. The number of nitrogens with zero attached hydrogens (tertiary/aromatic N) is 3. The average Bonchev–Trinajstić information content (AvgIpc) is 3.10. The summed E-state index contributed by atoms with van der Waals surface area (Å²) in [5.74, 6) is 0.0127. The van der Waals surface area contributed by atoms with Gasteiger partial charge in [-0.3, -0.25) is 4.79 Å². The van der Waals surface area contributed by atoms with Crippen molar-refractivity contribution >= 4 is 29.3 Å². The first-order valence-corrected chi connectivity index (χ1v) is 9.44. The molecule has 2 aromatic rings. The zero-order valence-electron chi connectivity index (χ0n) is 16.8. The number of aromatic nitrogens is 2. The summed E-state index contributed by atoms with van der Waals surface area (Å²) in [5, 5.41) is 6.02. The number of ether oxygens (including phenoxy) is 1. The molecule has 2 amide bonds. The number of carbonyl (C=O) groups excluding carboxylic acids is 2. The molecule has 0 spiro atoms. The van der Waals surface area contributed by atoms with Crippen molar-refractivity contribution in [3.05, 3.63) is 42.2 Å². The fourth-order valence-corrected chi connectivity index (χ4v) is 3.01. The van der Waals surface area contributed by atoms with Crippen LogP contribution in [0, 0.1) is 0 Å². The van der Waals surface area contributed by atoms with Gasteiger partial charge in [-0.05, 0) is 39.3 Å². The zero-order valence-corrected chi connectivity index (χ0v) is 16.8. The van der Waals surface area contributed by atoms with Gasteiger partial charge in [-0.25, -0.2) is 14.8 Å². The first kappa shape index (κ1) is 20.4. The summed E-state index contributed by atoms with van der Waals surface area (Å²) in [6.45, 7) is 6.49. The maximum absolute atomic E-state index is 12.8. The highest BCUT2D eigenvalue weighted by Gasteiger charge is 2.31. The van der Waals surface area contributed by atoms with Crippen LogP contribution in [0.25, 0.3) is 0 Å².